The number of rotatable bonds is 7. The van der Waals surface area contributed by atoms with Crippen LogP contribution in [0.4, 0.5) is 20.8 Å². The molecule has 3 atom stereocenters. The molecule has 2 aliphatic rings. The molecule has 2 aliphatic carbocycles. The van der Waals surface area contributed by atoms with E-state index in [4.69, 9.17) is 9.47 Å². The number of carbonyl (C=O) groups is 1. The van der Waals surface area contributed by atoms with Crippen molar-refractivity contribution in [3.8, 4) is 0 Å². The predicted molar refractivity (Wildman–Crippen MR) is 113 cm³/mol. The van der Waals surface area contributed by atoms with Crippen LogP contribution >= 0.6 is 0 Å². The van der Waals surface area contributed by atoms with Crippen LogP contribution in [0.25, 0.3) is 5.52 Å². The summed E-state index contributed by atoms with van der Waals surface area (Å²) in [5.74, 6) is 1.05. The van der Waals surface area contributed by atoms with Crippen molar-refractivity contribution in [3.05, 3.63) is 35.9 Å². The number of hydrogen-bond donors (Lipinski definition) is 3. The molecule has 0 spiro atoms. The van der Waals surface area contributed by atoms with E-state index in [1.807, 2.05) is 19.1 Å². The van der Waals surface area contributed by atoms with Gasteiger partial charge in [0, 0.05) is 42.7 Å². The minimum Gasteiger partial charge on any atom is -0.443 e. The Morgan fingerprint density at radius 3 is 3.00 bits per heavy atom. The maximum atomic E-state index is 14.5. The number of alkyl halides is 1. The number of alkyl carbamates (subject to hydrolysis) is 1. The average Bonchev–Trinajstić information content (AvgIpc) is 3.12. The molecule has 0 bridgehead atoms. The molecule has 2 saturated carbocycles. The monoisotopic (exact) mass is 443 g/mol. The smallest absolute Gasteiger partial charge is 0.407 e. The Kier molecular flexibility index (Phi) is 5.20. The lowest BCUT2D eigenvalue weighted by Crippen LogP contribution is -2.38. The van der Waals surface area contributed by atoms with E-state index >= 15 is 0 Å². The number of hydrogen-bond acceptors (Lipinski definition) is 7. The topological polar surface area (TPSA) is 118 Å². The van der Waals surface area contributed by atoms with Gasteiger partial charge in [0.15, 0.2) is 11.6 Å². The first-order valence-electron chi connectivity index (χ1n) is 10.7. The Morgan fingerprint density at radius 2 is 2.22 bits per heavy atom. The first-order valence-corrected chi connectivity index (χ1v) is 10.7. The summed E-state index contributed by atoms with van der Waals surface area (Å²) in [6.45, 7) is 2.36. The van der Waals surface area contributed by atoms with E-state index in [1.165, 1.54) is 0 Å². The van der Waals surface area contributed by atoms with Crippen LogP contribution in [0.2, 0.25) is 0 Å². The van der Waals surface area contributed by atoms with E-state index in [1.54, 1.807) is 24.0 Å². The molecular formula is C21H26FN7O3. The molecule has 170 valence electrons. The number of nitrogens with zero attached hydrogens (tertiary/aromatic N) is 4. The van der Waals surface area contributed by atoms with Crippen LogP contribution in [0, 0.1) is 0 Å². The quantitative estimate of drug-likeness (QED) is 0.513. The van der Waals surface area contributed by atoms with Crippen molar-refractivity contribution in [2.75, 3.05) is 12.4 Å². The summed E-state index contributed by atoms with van der Waals surface area (Å²) < 4.78 is 26.8. The molecule has 32 heavy (non-hydrogen) atoms. The molecule has 0 radical (unpaired) electrons. The van der Waals surface area contributed by atoms with Gasteiger partial charge >= 0.3 is 6.09 Å². The molecule has 0 unspecified atom stereocenters. The second-order valence-electron chi connectivity index (χ2n) is 8.82. The predicted octanol–water partition coefficient (Wildman–Crippen LogP) is 3.21. The number of amides is 1. The van der Waals surface area contributed by atoms with Crippen LogP contribution in [-0.2, 0) is 16.1 Å². The highest BCUT2D eigenvalue weighted by molar-refractivity contribution is 5.72. The Morgan fingerprint density at radius 1 is 1.38 bits per heavy atom. The summed E-state index contributed by atoms with van der Waals surface area (Å²) >= 11 is 0. The molecule has 3 aromatic rings. The molecule has 0 aliphatic heterocycles. The van der Waals surface area contributed by atoms with E-state index in [2.05, 4.69) is 30.9 Å². The number of aromatic amines is 1. The van der Waals surface area contributed by atoms with Crippen molar-refractivity contribution in [1.29, 1.82) is 0 Å². The molecule has 3 heterocycles. The standard InChI is InChI=1S/C21H26FN7O3/c1-21(3-4-21)25-20(30)32-17-8-12(7-14(17)22)15-10-18(27-26-15)24-19-16-9-13(11-31-2)28-29(16)6-5-23-19/h5-6,9-10,12,14,17H,3-4,7-8,11H2,1-2H3,(H,25,30)(H2,23,24,26,27)/t12-,14+,17-/m1/s1. The Labute approximate surface area is 183 Å². The maximum Gasteiger partial charge on any atom is 0.407 e. The van der Waals surface area contributed by atoms with Crippen molar-refractivity contribution in [3.63, 3.8) is 0 Å². The number of halogens is 1. The highest BCUT2D eigenvalue weighted by atomic mass is 19.1. The second kappa shape index (κ2) is 8.05. The lowest BCUT2D eigenvalue weighted by Gasteiger charge is -2.17. The Bertz CT molecular complexity index is 1130. The van der Waals surface area contributed by atoms with Crippen LogP contribution in [0.3, 0.4) is 0 Å². The SMILES string of the molecule is COCc1cc2c(Nc3cc([C@@H]4C[C@H](F)[C@H](OC(=O)NC5(C)CC5)C4)[nH]n3)nccn2n1. The molecule has 10 nitrogen and oxygen atoms in total. The van der Waals surface area contributed by atoms with Gasteiger partial charge in [-0.05, 0) is 38.7 Å². The van der Waals surface area contributed by atoms with Gasteiger partial charge in [-0.1, -0.05) is 0 Å². The van der Waals surface area contributed by atoms with E-state index in [-0.39, 0.29) is 17.9 Å². The Balaban J connectivity index is 1.24. The number of fused-ring (bicyclic) bond motifs is 1. The fourth-order valence-corrected chi connectivity index (χ4v) is 4.07. The normalized spacial score (nSPS) is 23.9. The number of ether oxygens (including phenoxy) is 2. The fraction of sp³-hybridized carbons (Fsp3) is 0.524. The molecule has 3 aromatic heterocycles. The van der Waals surface area contributed by atoms with Gasteiger partial charge in [0.1, 0.15) is 17.8 Å². The van der Waals surface area contributed by atoms with Gasteiger partial charge < -0.3 is 20.1 Å². The third-order valence-electron chi connectivity index (χ3n) is 6.11. The average molecular weight is 443 g/mol. The summed E-state index contributed by atoms with van der Waals surface area (Å²) in [5, 5.41) is 17.7. The van der Waals surface area contributed by atoms with Crippen molar-refractivity contribution >= 4 is 23.2 Å². The van der Waals surface area contributed by atoms with E-state index in [0.717, 1.165) is 29.7 Å². The van der Waals surface area contributed by atoms with Gasteiger partial charge in [-0.2, -0.15) is 10.2 Å². The minimum absolute atomic E-state index is 0.116. The molecule has 1 amide bonds. The maximum absolute atomic E-state index is 14.5. The van der Waals surface area contributed by atoms with Crippen molar-refractivity contribution in [2.24, 2.45) is 0 Å². The summed E-state index contributed by atoms with van der Waals surface area (Å²) in [4.78, 5) is 16.4. The zero-order valence-electron chi connectivity index (χ0n) is 18.0. The third-order valence-corrected chi connectivity index (χ3v) is 6.11. The van der Waals surface area contributed by atoms with E-state index < -0.39 is 18.4 Å². The number of nitrogens with one attached hydrogen (secondary N) is 3. The van der Waals surface area contributed by atoms with E-state index in [9.17, 15) is 9.18 Å². The number of methoxy groups -OCH3 is 1. The van der Waals surface area contributed by atoms with Crippen molar-refractivity contribution in [1.82, 2.24) is 30.1 Å². The summed E-state index contributed by atoms with van der Waals surface area (Å²) in [6.07, 6.45) is 3.42. The van der Waals surface area contributed by atoms with Gasteiger partial charge in [-0.15, -0.1) is 0 Å². The summed E-state index contributed by atoms with van der Waals surface area (Å²) in [6, 6.07) is 3.73. The zero-order chi connectivity index (χ0) is 22.3. The molecule has 2 fully saturated rings. The van der Waals surface area contributed by atoms with E-state index in [0.29, 0.717) is 24.7 Å². The van der Waals surface area contributed by atoms with Gasteiger partial charge in [-0.25, -0.2) is 18.7 Å². The lowest BCUT2D eigenvalue weighted by molar-refractivity contribution is 0.0583. The number of carbonyl (C=O) groups excluding carboxylic acids is 1. The molecule has 0 saturated heterocycles. The van der Waals surface area contributed by atoms with Gasteiger partial charge in [0.05, 0.1) is 12.3 Å². The fourth-order valence-electron chi connectivity index (χ4n) is 4.07. The van der Waals surface area contributed by atoms with Crippen LogP contribution in [0.5, 0.6) is 0 Å². The van der Waals surface area contributed by atoms with Gasteiger partial charge in [-0.3, -0.25) is 5.10 Å². The van der Waals surface area contributed by atoms with Crippen LogP contribution in [0.1, 0.15) is 49.9 Å². The lowest BCUT2D eigenvalue weighted by atomic mass is 10.0. The highest BCUT2D eigenvalue weighted by Gasteiger charge is 2.42. The highest BCUT2D eigenvalue weighted by Crippen LogP contribution is 2.39. The van der Waals surface area contributed by atoms with Crippen LogP contribution < -0.4 is 10.6 Å². The second-order valence-corrected chi connectivity index (χ2v) is 8.82. The zero-order valence-corrected chi connectivity index (χ0v) is 18.0. The van der Waals surface area contributed by atoms with Crippen molar-refractivity contribution in [2.45, 2.75) is 62.9 Å². The van der Waals surface area contributed by atoms with Crippen LogP contribution in [0.15, 0.2) is 24.5 Å². The summed E-state index contributed by atoms with van der Waals surface area (Å²) in [7, 11) is 1.62. The largest absolute Gasteiger partial charge is 0.443 e. The van der Waals surface area contributed by atoms with Crippen molar-refractivity contribution < 1.29 is 18.7 Å². The number of anilines is 2. The minimum atomic E-state index is -1.21. The third kappa shape index (κ3) is 4.24. The first kappa shape index (κ1) is 20.7. The number of H-pyrrole nitrogens is 1. The van der Waals surface area contributed by atoms with Gasteiger partial charge in [0.2, 0.25) is 0 Å². The van der Waals surface area contributed by atoms with Crippen LogP contribution in [-0.4, -0.2) is 55.8 Å². The molecule has 11 heteroatoms. The van der Waals surface area contributed by atoms with Gasteiger partial charge in [0.25, 0.3) is 0 Å². The molecule has 5 rings (SSSR count). The molecular weight excluding hydrogens is 417 g/mol. The number of aromatic nitrogens is 5. The summed E-state index contributed by atoms with van der Waals surface area (Å²) in [5.41, 5.74) is 2.17. The first-order chi connectivity index (χ1) is 15.4. The molecule has 0 aromatic carbocycles. The molecule has 3 N–H and O–H groups in total. The Hall–Kier alpha value is -3.21.